The lowest BCUT2D eigenvalue weighted by atomic mass is 9.86. The highest BCUT2D eigenvalue weighted by molar-refractivity contribution is 5.96. The number of aryl methyl sites for hydroxylation is 1. The van der Waals surface area contributed by atoms with Crippen molar-refractivity contribution in [2.75, 3.05) is 13.1 Å². The fourth-order valence-electron chi connectivity index (χ4n) is 3.98. The molecular weight excluding hydrogens is 317 g/mol. The van der Waals surface area contributed by atoms with Gasteiger partial charge in [0.25, 0.3) is 5.91 Å². The van der Waals surface area contributed by atoms with Crippen LogP contribution in [0.4, 0.5) is 4.39 Å². The molecule has 0 fully saturated rings. The Morgan fingerprint density at radius 3 is 3.16 bits per heavy atom. The third-order valence-corrected chi connectivity index (χ3v) is 5.25. The fraction of sp³-hybridized carbons (Fsp3) is 0.400. The Balaban J connectivity index is 1.51. The van der Waals surface area contributed by atoms with Crippen LogP contribution in [0, 0.1) is 5.82 Å². The minimum Gasteiger partial charge on any atom is -0.351 e. The fourth-order valence-corrected chi connectivity index (χ4v) is 3.98. The van der Waals surface area contributed by atoms with Crippen molar-refractivity contribution >= 4 is 5.91 Å². The van der Waals surface area contributed by atoms with E-state index in [1.54, 1.807) is 6.07 Å². The highest BCUT2D eigenvalue weighted by atomic mass is 19.1. The lowest BCUT2D eigenvalue weighted by Crippen LogP contribution is -2.33. The highest BCUT2D eigenvalue weighted by Crippen LogP contribution is 2.29. The first-order chi connectivity index (χ1) is 12.2. The number of carbonyl (C=O) groups excluding carboxylic acids is 1. The van der Waals surface area contributed by atoms with Crippen molar-refractivity contribution in [3.63, 3.8) is 0 Å². The predicted octanol–water partition coefficient (Wildman–Crippen LogP) is 2.72. The van der Waals surface area contributed by atoms with Gasteiger partial charge in [-0.2, -0.15) is 0 Å². The van der Waals surface area contributed by atoms with E-state index >= 15 is 0 Å². The zero-order valence-electron chi connectivity index (χ0n) is 14.1. The number of rotatable bonds is 3. The van der Waals surface area contributed by atoms with Crippen LogP contribution >= 0.6 is 0 Å². The largest absolute Gasteiger partial charge is 0.351 e. The van der Waals surface area contributed by atoms with E-state index in [2.05, 4.69) is 21.7 Å². The first kappa shape index (κ1) is 16.2. The third kappa shape index (κ3) is 3.29. The Morgan fingerprint density at radius 1 is 1.32 bits per heavy atom. The van der Waals surface area contributed by atoms with Crippen molar-refractivity contribution in [2.24, 2.45) is 0 Å². The van der Waals surface area contributed by atoms with Crippen LogP contribution in [0.5, 0.6) is 0 Å². The van der Waals surface area contributed by atoms with E-state index in [0.29, 0.717) is 18.7 Å². The Labute approximate surface area is 146 Å². The smallest absolute Gasteiger partial charge is 0.251 e. The Kier molecular flexibility index (Phi) is 4.49. The summed E-state index contributed by atoms with van der Waals surface area (Å²) in [7, 11) is 0. The van der Waals surface area contributed by atoms with Crippen LogP contribution in [-0.2, 0) is 19.4 Å². The number of halogens is 1. The molecule has 0 radical (unpaired) electrons. The van der Waals surface area contributed by atoms with E-state index in [-0.39, 0.29) is 17.6 Å². The van der Waals surface area contributed by atoms with E-state index < -0.39 is 0 Å². The molecule has 0 saturated carbocycles. The van der Waals surface area contributed by atoms with Gasteiger partial charge in [0.2, 0.25) is 0 Å². The molecular formula is C20H22FN3O. The summed E-state index contributed by atoms with van der Waals surface area (Å²) in [6.45, 7) is 1.98. The van der Waals surface area contributed by atoms with Gasteiger partial charge >= 0.3 is 0 Å². The second-order valence-corrected chi connectivity index (χ2v) is 6.86. The molecule has 1 amide bonds. The molecule has 0 saturated heterocycles. The monoisotopic (exact) mass is 339 g/mol. The molecule has 4 rings (SSSR count). The van der Waals surface area contributed by atoms with Gasteiger partial charge in [0.05, 0.1) is 0 Å². The van der Waals surface area contributed by atoms with Crippen molar-refractivity contribution in [3.05, 3.63) is 64.2 Å². The van der Waals surface area contributed by atoms with E-state index in [9.17, 15) is 9.18 Å². The van der Waals surface area contributed by atoms with Crippen LogP contribution < -0.4 is 10.6 Å². The van der Waals surface area contributed by atoms with E-state index in [1.807, 2.05) is 12.3 Å². The molecule has 1 aromatic heterocycles. The van der Waals surface area contributed by atoms with Gasteiger partial charge in [0, 0.05) is 36.5 Å². The summed E-state index contributed by atoms with van der Waals surface area (Å²) >= 11 is 0. The summed E-state index contributed by atoms with van der Waals surface area (Å²) in [6.07, 6.45) is 5.75. The van der Waals surface area contributed by atoms with E-state index in [4.69, 9.17) is 0 Å². The number of carbonyl (C=O) groups is 1. The van der Waals surface area contributed by atoms with Gasteiger partial charge in [-0.3, -0.25) is 9.78 Å². The second kappa shape index (κ2) is 6.92. The molecule has 5 heteroatoms. The Morgan fingerprint density at radius 2 is 2.24 bits per heavy atom. The zero-order chi connectivity index (χ0) is 17.2. The molecule has 0 spiro atoms. The van der Waals surface area contributed by atoms with Crippen molar-refractivity contribution in [1.82, 2.24) is 15.6 Å². The summed E-state index contributed by atoms with van der Waals surface area (Å²) < 4.78 is 13.9. The number of amides is 1. The molecule has 25 heavy (non-hydrogen) atoms. The molecule has 2 N–H and O–H groups in total. The first-order valence-electron chi connectivity index (χ1n) is 8.96. The van der Waals surface area contributed by atoms with Crippen LogP contribution in [0.3, 0.4) is 0 Å². The molecule has 2 aromatic rings. The van der Waals surface area contributed by atoms with E-state index in [1.165, 1.54) is 11.6 Å². The van der Waals surface area contributed by atoms with E-state index in [0.717, 1.165) is 49.0 Å². The Bertz CT molecular complexity index is 806. The molecule has 1 aromatic carbocycles. The number of hydrogen-bond acceptors (Lipinski definition) is 3. The van der Waals surface area contributed by atoms with Gasteiger partial charge < -0.3 is 10.6 Å². The maximum absolute atomic E-state index is 13.9. The van der Waals surface area contributed by atoms with Gasteiger partial charge in [-0.15, -0.1) is 0 Å². The molecule has 4 nitrogen and oxygen atoms in total. The van der Waals surface area contributed by atoms with Crippen molar-refractivity contribution in [3.8, 4) is 0 Å². The molecule has 2 aliphatic rings. The highest BCUT2D eigenvalue weighted by Gasteiger charge is 2.24. The summed E-state index contributed by atoms with van der Waals surface area (Å²) in [4.78, 5) is 17.2. The number of hydrogen-bond donors (Lipinski definition) is 2. The lowest BCUT2D eigenvalue weighted by molar-refractivity contribution is 0.0948. The molecule has 1 atom stereocenters. The van der Waals surface area contributed by atoms with Crippen LogP contribution in [0.15, 0.2) is 30.5 Å². The van der Waals surface area contributed by atoms with Crippen molar-refractivity contribution < 1.29 is 9.18 Å². The minimum atomic E-state index is -0.338. The van der Waals surface area contributed by atoms with Crippen molar-refractivity contribution in [1.29, 1.82) is 0 Å². The SMILES string of the molecule is O=C(NCC1CCCc2cccnc21)c1cc(F)cc2c1CNCC2. The third-order valence-electron chi connectivity index (χ3n) is 5.25. The predicted molar refractivity (Wildman–Crippen MR) is 94.1 cm³/mol. The number of fused-ring (bicyclic) bond motifs is 2. The number of nitrogens with one attached hydrogen (secondary N) is 2. The zero-order valence-corrected chi connectivity index (χ0v) is 14.1. The molecule has 130 valence electrons. The summed E-state index contributed by atoms with van der Waals surface area (Å²) in [5.41, 5.74) is 4.69. The van der Waals surface area contributed by atoms with Gasteiger partial charge in [-0.25, -0.2) is 4.39 Å². The van der Waals surface area contributed by atoms with Gasteiger partial charge in [-0.05, 0) is 67.1 Å². The topological polar surface area (TPSA) is 54.0 Å². The molecule has 0 bridgehead atoms. The maximum Gasteiger partial charge on any atom is 0.251 e. The van der Waals surface area contributed by atoms with Gasteiger partial charge in [-0.1, -0.05) is 6.07 Å². The summed E-state index contributed by atoms with van der Waals surface area (Å²) in [5.74, 6) is -0.297. The first-order valence-corrected chi connectivity index (χ1v) is 8.96. The van der Waals surface area contributed by atoms with Gasteiger partial charge in [0.15, 0.2) is 0 Å². The van der Waals surface area contributed by atoms with Crippen molar-refractivity contribution in [2.45, 2.75) is 38.1 Å². The summed E-state index contributed by atoms with van der Waals surface area (Å²) in [6, 6.07) is 6.99. The van der Waals surface area contributed by atoms with Crippen LogP contribution in [0.2, 0.25) is 0 Å². The molecule has 1 aliphatic heterocycles. The average molecular weight is 339 g/mol. The average Bonchev–Trinajstić information content (AvgIpc) is 2.65. The normalized spacial score (nSPS) is 19.0. The number of aromatic nitrogens is 1. The Hall–Kier alpha value is -2.27. The molecule has 2 heterocycles. The minimum absolute atomic E-state index is 0.192. The number of benzene rings is 1. The number of pyridine rings is 1. The summed E-state index contributed by atoms with van der Waals surface area (Å²) in [5, 5.41) is 6.28. The standard InChI is InChI=1S/C20H22FN3O/c21-16-9-14-6-8-22-12-18(14)17(10-16)20(25)24-11-15-4-1-3-13-5-2-7-23-19(13)15/h2,5,7,9-10,15,22H,1,3-4,6,8,11-12H2,(H,24,25). The van der Waals surface area contributed by atoms with Crippen LogP contribution in [0.1, 0.15) is 51.5 Å². The number of nitrogens with zero attached hydrogens (tertiary/aromatic N) is 1. The van der Waals surface area contributed by atoms with Gasteiger partial charge in [0.1, 0.15) is 5.82 Å². The second-order valence-electron chi connectivity index (χ2n) is 6.86. The van der Waals surface area contributed by atoms with Crippen LogP contribution in [-0.4, -0.2) is 24.0 Å². The maximum atomic E-state index is 13.9. The molecule has 1 aliphatic carbocycles. The molecule has 1 unspecified atom stereocenters. The van der Waals surface area contributed by atoms with Crippen LogP contribution in [0.25, 0.3) is 0 Å². The lowest BCUT2D eigenvalue weighted by Gasteiger charge is -2.25. The quantitative estimate of drug-likeness (QED) is 0.904.